The number of aromatic nitrogens is 1. The molecule has 2 aromatic rings. The molecule has 1 amide bonds. The number of pyridine rings is 1. The Labute approximate surface area is 201 Å². The fourth-order valence-electron chi connectivity index (χ4n) is 3.98. The van der Waals surface area contributed by atoms with E-state index in [-0.39, 0.29) is 30.0 Å². The van der Waals surface area contributed by atoms with Crippen molar-refractivity contribution in [2.45, 2.75) is 24.1 Å². The number of hydrogen-bond donors (Lipinski definition) is 1. The molecule has 9 nitrogen and oxygen atoms in total. The lowest BCUT2D eigenvalue weighted by Crippen LogP contribution is -2.48. The molecule has 13 heteroatoms. The van der Waals surface area contributed by atoms with Gasteiger partial charge in [-0.15, -0.1) is 0 Å². The number of benzene rings is 1. The van der Waals surface area contributed by atoms with E-state index in [9.17, 15) is 26.4 Å². The number of sulfonamides is 1. The highest BCUT2D eigenvalue weighted by Gasteiger charge is 2.33. The van der Waals surface area contributed by atoms with E-state index in [1.807, 2.05) is 21.9 Å². The summed E-state index contributed by atoms with van der Waals surface area (Å²) in [7, 11) is -3.89. The van der Waals surface area contributed by atoms with E-state index in [4.69, 9.17) is 4.74 Å². The summed E-state index contributed by atoms with van der Waals surface area (Å²) in [5.74, 6) is 0.598. The van der Waals surface area contributed by atoms with Crippen LogP contribution in [0.4, 0.5) is 24.7 Å². The fraction of sp³-hybridized carbons (Fsp3) is 0.455. The number of nitrogens with one attached hydrogen (secondary N) is 1. The van der Waals surface area contributed by atoms with E-state index in [1.54, 1.807) is 6.20 Å². The number of halogens is 3. The minimum absolute atomic E-state index is 0.0988. The Bertz CT molecular complexity index is 1140. The summed E-state index contributed by atoms with van der Waals surface area (Å²) in [6.07, 6.45) is -2.89. The van der Waals surface area contributed by atoms with Gasteiger partial charge in [-0.3, -0.25) is 4.79 Å². The standard InChI is InChI=1S/C22H26F3N5O4S/c1-16(31)26-13-19-14-29(15-34-19)18-4-7-21(27-12-18)28-8-10-30(11-9-28)35(32,33)20-5-2-17(3-6-20)22(23,24)25/h2-7,12,19H,8-11,13-15H2,1H3,(H,26,31). The molecule has 0 spiro atoms. The van der Waals surface area contributed by atoms with Gasteiger partial charge in [0.25, 0.3) is 0 Å². The Kier molecular flexibility index (Phi) is 7.20. The Balaban J connectivity index is 1.33. The zero-order valence-electron chi connectivity index (χ0n) is 19.0. The smallest absolute Gasteiger partial charge is 0.354 e. The highest BCUT2D eigenvalue weighted by Crippen LogP contribution is 2.30. The predicted octanol–water partition coefficient (Wildman–Crippen LogP) is 1.91. The highest BCUT2D eigenvalue weighted by atomic mass is 32.2. The van der Waals surface area contributed by atoms with Gasteiger partial charge in [0.1, 0.15) is 12.5 Å². The molecule has 2 fully saturated rings. The van der Waals surface area contributed by atoms with Gasteiger partial charge < -0.3 is 19.9 Å². The van der Waals surface area contributed by atoms with Crippen molar-refractivity contribution in [2.75, 3.05) is 55.8 Å². The number of ether oxygens (including phenoxy) is 1. The Hall–Kier alpha value is -2.90. The first-order valence-electron chi connectivity index (χ1n) is 11.0. The van der Waals surface area contributed by atoms with Gasteiger partial charge in [0.15, 0.2) is 0 Å². The van der Waals surface area contributed by atoms with Crippen molar-refractivity contribution in [3.05, 3.63) is 48.2 Å². The molecule has 1 atom stereocenters. The van der Waals surface area contributed by atoms with Crippen LogP contribution in [0, 0.1) is 0 Å². The van der Waals surface area contributed by atoms with Crippen molar-refractivity contribution < 1.29 is 31.1 Å². The van der Waals surface area contributed by atoms with Crippen molar-refractivity contribution in [1.29, 1.82) is 0 Å². The molecule has 0 bridgehead atoms. The lowest BCUT2D eigenvalue weighted by molar-refractivity contribution is -0.137. The second kappa shape index (κ2) is 9.99. The van der Waals surface area contributed by atoms with Crippen molar-refractivity contribution in [1.82, 2.24) is 14.6 Å². The molecule has 1 aromatic carbocycles. The molecule has 35 heavy (non-hydrogen) atoms. The van der Waals surface area contributed by atoms with Crippen molar-refractivity contribution in [2.24, 2.45) is 0 Å². The highest BCUT2D eigenvalue weighted by molar-refractivity contribution is 7.89. The first-order valence-corrected chi connectivity index (χ1v) is 12.5. The summed E-state index contributed by atoms with van der Waals surface area (Å²) in [6.45, 7) is 4.11. The molecule has 190 valence electrons. The summed E-state index contributed by atoms with van der Waals surface area (Å²) in [5, 5.41) is 2.74. The van der Waals surface area contributed by atoms with Gasteiger partial charge in [0.2, 0.25) is 15.9 Å². The summed E-state index contributed by atoms with van der Waals surface area (Å²) < 4.78 is 71.0. The summed E-state index contributed by atoms with van der Waals surface area (Å²) in [4.78, 5) is 19.4. The Morgan fingerprint density at radius 1 is 1.09 bits per heavy atom. The van der Waals surface area contributed by atoms with Crippen LogP contribution in [0.25, 0.3) is 0 Å². The molecule has 1 aromatic heterocycles. The van der Waals surface area contributed by atoms with E-state index in [0.717, 1.165) is 30.0 Å². The lowest BCUT2D eigenvalue weighted by atomic mass is 10.2. The first kappa shape index (κ1) is 25.2. The average molecular weight is 514 g/mol. The van der Waals surface area contributed by atoms with Crippen LogP contribution in [0.2, 0.25) is 0 Å². The normalized spacial score (nSPS) is 19.7. The Morgan fingerprint density at radius 3 is 2.34 bits per heavy atom. The van der Waals surface area contributed by atoms with Crippen LogP contribution in [-0.2, 0) is 25.7 Å². The fourth-order valence-corrected chi connectivity index (χ4v) is 5.40. The van der Waals surface area contributed by atoms with Crippen LogP contribution in [0.15, 0.2) is 47.5 Å². The summed E-state index contributed by atoms with van der Waals surface area (Å²) >= 11 is 0. The van der Waals surface area contributed by atoms with Gasteiger partial charge in [-0.2, -0.15) is 17.5 Å². The van der Waals surface area contributed by atoms with Crippen molar-refractivity contribution in [3.63, 3.8) is 0 Å². The molecule has 2 saturated heterocycles. The molecule has 2 aliphatic rings. The van der Waals surface area contributed by atoms with Crippen LogP contribution in [0.3, 0.4) is 0 Å². The van der Waals surface area contributed by atoms with E-state index in [2.05, 4.69) is 10.3 Å². The minimum atomic E-state index is -4.52. The van der Waals surface area contributed by atoms with Crippen LogP contribution >= 0.6 is 0 Å². The van der Waals surface area contributed by atoms with Gasteiger partial charge in [0, 0.05) is 46.2 Å². The van der Waals surface area contributed by atoms with Crippen LogP contribution in [-0.4, -0.2) is 75.7 Å². The number of alkyl halides is 3. The molecule has 3 heterocycles. The minimum Gasteiger partial charge on any atom is -0.354 e. The molecule has 0 radical (unpaired) electrons. The second-order valence-corrected chi connectivity index (χ2v) is 10.3. The van der Waals surface area contributed by atoms with Crippen LogP contribution in [0.1, 0.15) is 12.5 Å². The average Bonchev–Trinajstić information content (AvgIpc) is 3.32. The van der Waals surface area contributed by atoms with E-state index >= 15 is 0 Å². The monoisotopic (exact) mass is 513 g/mol. The number of anilines is 2. The predicted molar refractivity (Wildman–Crippen MR) is 122 cm³/mol. The number of rotatable bonds is 6. The third kappa shape index (κ3) is 5.85. The topological polar surface area (TPSA) is 95.1 Å². The van der Waals surface area contributed by atoms with E-state index in [1.165, 1.54) is 11.2 Å². The third-order valence-corrected chi connectivity index (χ3v) is 7.86. The summed E-state index contributed by atoms with van der Waals surface area (Å²) in [5.41, 5.74) is -0.0119. The largest absolute Gasteiger partial charge is 0.416 e. The molecule has 2 aliphatic heterocycles. The van der Waals surface area contributed by atoms with Crippen molar-refractivity contribution in [3.8, 4) is 0 Å². The number of hydrogen-bond acceptors (Lipinski definition) is 7. The van der Waals surface area contributed by atoms with Crippen LogP contribution in [0.5, 0.6) is 0 Å². The summed E-state index contributed by atoms with van der Waals surface area (Å²) in [6, 6.07) is 7.32. The number of amides is 1. The maximum atomic E-state index is 12.9. The van der Waals surface area contributed by atoms with E-state index < -0.39 is 21.8 Å². The van der Waals surface area contributed by atoms with Gasteiger partial charge in [-0.1, -0.05) is 0 Å². The van der Waals surface area contributed by atoms with Crippen LogP contribution < -0.4 is 15.1 Å². The maximum absolute atomic E-state index is 12.9. The Morgan fingerprint density at radius 2 is 1.77 bits per heavy atom. The second-order valence-electron chi connectivity index (χ2n) is 8.37. The van der Waals surface area contributed by atoms with Gasteiger partial charge in [-0.25, -0.2) is 13.4 Å². The van der Waals surface area contributed by atoms with E-state index in [0.29, 0.717) is 38.7 Å². The third-order valence-electron chi connectivity index (χ3n) is 5.95. The molecule has 1 N–H and O–H groups in total. The number of nitrogens with zero attached hydrogens (tertiary/aromatic N) is 4. The lowest BCUT2D eigenvalue weighted by Gasteiger charge is -2.34. The molecule has 1 unspecified atom stereocenters. The molecular formula is C22H26F3N5O4S. The number of carbonyl (C=O) groups is 1. The first-order chi connectivity index (χ1) is 16.5. The molecular weight excluding hydrogens is 487 g/mol. The molecule has 0 aliphatic carbocycles. The quantitative estimate of drug-likeness (QED) is 0.631. The van der Waals surface area contributed by atoms with Crippen molar-refractivity contribution >= 4 is 27.4 Å². The molecule has 4 rings (SSSR count). The zero-order valence-corrected chi connectivity index (χ0v) is 19.8. The number of carbonyl (C=O) groups excluding carboxylic acids is 1. The van der Waals surface area contributed by atoms with Gasteiger partial charge in [-0.05, 0) is 36.4 Å². The van der Waals surface area contributed by atoms with Gasteiger partial charge >= 0.3 is 6.18 Å². The van der Waals surface area contributed by atoms with Gasteiger partial charge in [0.05, 0.1) is 28.4 Å². The number of piperazine rings is 1. The SMILES string of the molecule is CC(=O)NCC1CN(c2ccc(N3CCN(S(=O)(=O)c4ccc(C(F)(F)F)cc4)CC3)nc2)CO1. The zero-order chi connectivity index (χ0) is 25.2. The maximum Gasteiger partial charge on any atom is 0.416 e. The molecule has 0 saturated carbocycles.